The van der Waals surface area contributed by atoms with Gasteiger partial charge in [0.1, 0.15) is 16.3 Å². The molecule has 1 aromatic carbocycles. The van der Waals surface area contributed by atoms with E-state index in [1.54, 1.807) is 17.5 Å². The van der Waals surface area contributed by atoms with E-state index >= 15 is 0 Å². The molecule has 186 valence electrons. The molecule has 0 radical (unpaired) electrons. The molecule has 2 N–H and O–H groups in total. The molecule has 10 heteroatoms. The summed E-state index contributed by atoms with van der Waals surface area (Å²) >= 11 is 1.63. The fourth-order valence-corrected chi connectivity index (χ4v) is 5.23. The number of benzene rings is 1. The van der Waals surface area contributed by atoms with Gasteiger partial charge in [-0.2, -0.15) is 5.10 Å². The standard InChI is InChI=1S/C26H30N8OS/c1-27-13-17-35-16-7-11-28-23-21-20(18-8-5-4-6-9-18)22(19-10-14-34(3)32-19)36-26(21)31-24(30-23)25-29-12-15-33(25)2/h4-6,8-10,12,14-15,27H,7,11,13,16-17H2,1-3H3,(H,28,30,31). The van der Waals surface area contributed by atoms with Crippen LogP contribution in [0.1, 0.15) is 6.42 Å². The Balaban J connectivity index is 1.61. The molecule has 0 aliphatic heterocycles. The van der Waals surface area contributed by atoms with Crippen molar-refractivity contribution >= 4 is 27.4 Å². The van der Waals surface area contributed by atoms with Crippen molar-refractivity contribution in [3.63, 3.8) is 0 Å². The highest BCUT2D eigenvalue weighted by Gasteiger charge is 2.23. The van der Waals surface area contributed by atoms with Crippen molar-refractivity contribution in [2.45, 2.75) is 6.42 Å². The van der Waals surface area contributed by atoms with E-state index in [1.807, 2.05) is 54.9 Å². The minimum absolute atomic E-state index is 0.594. The molecular formula is C26H30N8OS. The lowest BCUT2D eigenvalue weighted by atomic mass is 10.0. The summed E-state index contributed by atoms with van der Waals surface area (Å²) < 4.78 is 9.46. The predicted octanol–water partition coefficient (Wildman–Crippen LogP) is 4.20. The number of thiophene rings is 1. The Bertz CT molecular complexity index is 1440. The van der Waals surface area contributed by atoms with Gasteiger partial charge in [-0.15, -0.1) is 11.3 Å². The van der Waals surface area contributed by atoms with Crippen LogP contribution < -0.4 is 10.6 Å². The van der Waals surface area contributed by atoms with Gasteiger partial charge in [-0.25, -0.2) is 15.0 Å². The SMILES string of the molecule is CNCCOCCCNc1nc(-c2nccn2C)nc2sc(-c3ccn(C)n3)c(-c3ccccc3)c12. The molecule has 0 aliphatic rings. The number of fused-ring (bicyclic) bond motifs is 1. The van der Waals surface area contributed by atoms with Crippen LogP contribution in [0.25, 0.3) is 43.6 Å². The minimum Gasteiger partial charge on any atom is -0.380 e. The van der Waals surface area contributed by atoms with Gasteiger partial charge in [0.2, 0.25) is 0 Å². The lowest BCUT2D eigenvalue weighted by Crippen LogP contribution is -2.15. The van der Waals surface area contributed by atoms with Gasteiger partial charge in [0.25, 0.3) is 0 Å². The van der Waals surface area contributed by atoms with Gasteiger partial charge in [-0.05, 0) is 25.1 Å². The number of hydrogen-bond acceptors (Lipinski definition) is 8. The van der Waals surface area contributed by atoms with E-state index in [9.17, 15) is 0 Å². The number of anilines is 1. The van der Waals surface area contributed by atoms with Crippen molar-refractivity contribution in [1.82, 2.24) is 34.6 Å². The molecular weight excluding hydrogens is 472 g/mol. The van der Waals surface area contributed by atoms with Gasteiger partial charge in [-0.1, -0.05) is 30.3 Å². The average Bonchev–Trinajstić information content (AvgIpc) is 3.61. The van der Waals surface area contributed by atoms with Gasteiger partial charge >= 0.3 is 0 Å². The van der Waals surface area contributed by atoms with Crippen molar-refractivity contribution in [3.05, 3.63) is 55.0 Å². The largest absolute Gasteiger partial charge is 0.380 e. The third kappa shape index (κ3) is 5.01. The predicted molar refractivity (Wildman–Crippen MR) is 145 cm³/mol. The van der Waals surface area contributed by atoms with Crippen LogP contribution in [0.5, 0.6) is 0 Å². The summed E-state index contributed by atoms with van der Waals surface area (Å²) in [7, 11) is 5.81. The van der Waals surface area contributed by atoms with Gasteiger partial charge in [-0.3, -0.25) is 4.68 Å². The molecule has 0 spiro atoms. The molecule has 0 aliphatic carbocycles. The van der Waals surface area contributed by atoms with Crippen molar-refractivity contribution < 1.29 is 4.74 Å². The highest BCUT2D eigenvalue weighted by Crippen LogP contribution is 2.46. The van der Waals surface area contributed by atoms with Gasteiger partial charge in [0, 0.05) is 57.9 Å². The maximum absolute atomic E-state index is 5.70. The van der Waals surface area contributed by atoms with E-state index in [0.717, 1.165) is 63.1 Å². The molecule has 0 atom stereocenters. The second-order valence-corrected chi connectivity index (χ2v) is 9.48. The number of aromatic nitrogens is 6. The number of ether oxygens (including phenoxy) is 1. The molecule has 5 aromatic rings. The normalized spacial score (nSPS) is 11.4. The van der Waals surface area contributed by atoms with E-state index in [0.29, 0.717) is 19.0 Å². The first-order chi connectivity index (χ1) is 17.7. The smallest absolute Gasteiger partial charge is 0.199 e. The monoisotopic (exact) mass is 502 g/mol. The van der Waals surface area contributed by atoms with E-state index in [1.165, 1.54) is 0 Å². The number of imidazole rings is 1. The third-order valence-electron chi connectivity index (χ3n) is 5.84. The van der Waals surface area contributed by atoms with E-state index < -0.39 is 0 Å². The highest BCUT2D eigenvalue weighted by molar-refractivity contribution is 7.22. The van der Waals surface area contributed by atoms with Crippen LogP contribution in [0, 0.1) is 0 Å². The first-order valence-corrected chi connectivity index (χ1v) is 12.8. The summed E-state index contributed by atoms with van der Waals surface area (Å²) in [4.78, 5) is 16.4. The molecule has 4 heterocycles. The maximum Gasteiger partial charge on any atom is 0.199 e. The summed E-state index contributed by atoms with van der Waals surface area (Å²) in [5.41, 5.74) is 3.12. The number of rotatable bonds is 11. The number of nitrogens with one attached hydrogen (secondary N) is 2. The first kappa shape index (κ1) is 24.1. The molecule has 9 nitrogen and oxygen atoms in total. The van der Waals surface area contributed by atoms with Crippen molar-refractivity contribution in [3.8, 4) is 33.3 Å². The summed E-state index contributed by atoms with van der Waals surface area (Å²) in [5.74, 6) is 2.12. The van der Waals surface area contributed by atoms with Crippen LogP contribution in [0.15, 0.2) is 55.0 Å². The minimum atomic E-state index is 0.594. The summed E-state index contributed by atoms with van der Waals surface area (Å²) in [6.45, 7) is 2.96. The van der Waals surface area contributed by atoms with Gasteiger partial charge in [0.15, 0.2) is 11.6 Å². The van der Waals surface area contributed by atoms with Crippen molar-refractivity contribution in [2.24, 2.45) is 14.1 Å². The zero-order chi connectivity index (χ0) is 24.9. The van der Waals surface area contributed by atoms with E-state index in [4.69, 9.17) is 19.8 Å². The lowest BCUT2D eigenvalue weighted by Gasteiger charge is -2.11. The number of aryl methyl sites for hydroxylation is 2. The maximum atomic E-state index is 5.70. The lowest BCUT2D eigenvalue weighted by molar-refractivity contribution is 0.137. The number of likely N-dealkylation sites (N-methyl/N-ethyl adjacent to an activating group) is 1. The van der Waals surface area contributed by atoms with Crippen LogP contribution in [-0.2, 0) is 18.8 Å². The Morgan fingerprint density at radius 2 is 1.86 bits per heavy atom. The van der Waals surface area contributed by atoms with Crippen LogP contribution in [0.4, 0.5) is 5.82 Å². The van der Waals surface area contributed by atoms with Gasteiger partial charge < -0.3 is 19.9 Å². The Morgan fingerprint density at radius 1 is 1.00 bits per heavy atom. The van der Waals surface area contributed by atoms with Gasteiger partial charge in [0.05, 0.1) is 16.9 Å². The topological polar surface area (TPSA) is 94.7 Å². The Hall–Kier alpha value is -3.60. The zero-order valence-electron chi connectivity index (χ0n) is 20.7. The van der Waals surface area contributed by atoms with Crippen LogP contribution in [0.2, 0.25) is 0 Å². The van der Waals surface area contributed by atoms with Crippen LogP contribution >= 0.6 is 11.3 Å². The zero-order valence-corrected chi connectivity index (χ0v) is 21.5. The quantitative estimate of drug-likeness (QED) is 0.262. The fourth-order valence-electron chi connectivity index (χ4n) is 4.06. The Labute approximate surface area is 214 Å². The molecule has 4 aromatic heterocycles. The summed E-state index contributed by atoms with van der Waals surface area (Å²) in [6.07, 6.45) is 6.50. The first-order valence-electron chi connectivity index (χ1n) is 12.0. The van der Waals surface area contributed by atoms with Crippen LogP contribution in [-0.4, -0.2) is 62.7 Å². The molecule has 0 bridgehead atoms. The Kier molecular flexibility index (Phi) is 7.36. The van der Waals surface area contributed by atoms with Crippen LogP contribution in [0.3, 0.4) is 0 Å². The second kappa shape index (κ2) is 11.0. The van der Waals surface area contributed by atoms with E-state index in [-0.39, 0.29) is 0 Å². The van der Waals surface area contributed by atoms with Crippen molar-refractivity contribution in [1.29, 1.82) is 0 Å². The van der Waals surface area contributed by atoms with E-state index in [2.05, 4.69) is 39.9 Å². The fraction of sp³-hybridized carbons (Fsp3) is 0.308. The summed E-state index contributed by atoms with van der Waals surface area (Å²) in [5, 5.41) is 12.4. The van der Waals surface area contributed by atoms with Crippen molar-refractivity contribution in [2.75, 3.05) is 38.7 Å². The third-order valence-corrected chi connectivity index (χ3v) is 6.94. The highest BCUT2D eigenvalue weighted by atomic mass is 32.1. The molecule has 5 rings (SSSR count). The molecule has 36 heavy (non-hydrogen) atoms. The molecule has 0 amide bonds. The molecule has 0 fully saturated rings. The Morgan fingerprint density at radius 3 is 2.58 bits per heavy atom. The number of hydrogen-bond donors (Lipinski definition) is 2. The average molecular weight is 503 g/mol. The molecule has 0 saturated carbocycles. The number of nitrogens with zero attached hydrogens (tertiary/aromatic N) is 6. The molecule has 0 unspecified atom stereocenters. The summed E-state index contributed by atoms with van der Waals surface area (Å²) in [6, 6.07) is 12.4. The second-order valence-electron chi connectivity index (χ2n) is 8.48. The molecule has 0 saturated heterocycles.